The van der Waals surface area contributed by atoms with E-state index in [0.717, 1.165) is 12.0 Å². The van der Waals surface area contributed by atoms with Crippen molar-refractivity contribution in [2.45, 2.75) is 44.6 Å². The molecule has 1 N–H and O–H groups in total. The Hall–Kier alpha value is -0.820. The second-order valence-corrected chi connectivity index (χ2v) is 4.76. The van der Waals surface area contributed by atoms with Crippen molar-refractivity contribution in [3.05, 3.63) is 35.4 Å². The van der Waals surface area contributed by atoms with Crippen LogP contribution in [-0.4, -0.2) is 13.1 Å². The van der Waals surface area contributed by atoms with E-state index in [4.69, 9.17) is 0 Å². The topological polar surface area (TPSA) is 12.0 Å². The van der Waals surface area contributed by atoms with Crippen LogP contribution >= 0.6 is 0 Å². The van der Waals surface area contributed by atoms with Crippen LogP contribution in [0.25, 0.3) is 0 Å². The summed E-state index contributed by atoms with van der Waals surface area (Å²) in [7, 11) is 2.09. The maximum Gasteiger partial charge on any atom is 0.00698 e. The summed E-state index contributed by atoms with van der Waals surface area (Å²) in [6.07, 6.45) is 5.38. The molecule has 0 radical (unpaired) electrons. The molecule has 0 heterocycles. The van der Waals surface area contributed by atoms with Crippen LogP contribution in [0.15, 0.2) is 24.3 Å². The second-order valence-electron chi connectivity index (χ2n) is 4.76. The fourth-order valence-electron chi connectivity index (χ4n) is 2.68. The minimum Gasteiger partial charge on any atom is -0.317 e. The summed E-state index contributed by atoms with van der Waals surface area (Å²) in [6.45, 7) is 2.18. The molecule has 0 aromatic heterocycles. The largest absolute Gasteiger partial charge is 0.317 e. The monoisotopic (exact) mass is 203 g/mol. The van der Waals surface area contributed by atoms with Crippen molar-refractivity contribution >= 4 is 0 Å². The zero-order chi connectivity index (χ0) is 10.7. The Kier molecular flexibility index (Phi) is 3.42. The van der Waals surface area contributed by atoms with Crippen molar-refractivity contribution < 1.29 is 0 Å². The van der Waals surface area contributed by atoms with Crippen LogP contribution in [0.1, 0.15) is 42.7 Å². The maximum atomic E-state index is 3.42. The lowest BCUT2D eigenvalue weighted by molar-refractivity contribution is 0.355. The van der Waals surface area contributed by atoms with E-state index in [1.807, 2.05) is 0 Å². The van der Waals surface area contributed by atoms with Gasteiger partial charge in [-0.15, -0.1) is 0 Å². The Morgan fingerprint density at radius 2 is 2.13 bits per heavy atom. The molecule has 2 atom stereocenters. The fourth-order valence-corrected chi connectivity index (χ4v) is 2.68. The average Bonchev–Trinajstić information content (AvgIpc) is 2.29. The lowest BCUT2D eigenvalue weighted by Crippen LogP contribution is -2.30. The van der Waals surface area contributed by atoms with Crippen molar-refractivity contribution in [2.75, 3.05) is 7.05 Å². The van der Waals surface area contributed by atoms with Crippen LogP contribution in [-0.2, 0) is 0 Å². The Morgan fingerprint density at radius 3 is 2.87 bits per heavy atom. The highest BCUT2D eigenvalue weighted by Crippen LogP contribution is 2.32. The summed E-state index contributed by atoms with van der Waals surface area (Å²) < 4.78 is 0. The summed E-state index contributed by atoms with van der Waals surface area (Å²) in [5.41, 5.74) is 2.93. The van der Waals surface area contributed by atoms with Crippen molar-refractivity contribution in [1.82, 2.24) is 5.32 Å². The van der Waals surface area contributed by atoms with E-state index in [0.29, 0.717) is 0 Å². The fraction of sp³-hybridized carbons (Fsp3) is 0.571. The molecule has 2 unspecified atom stereocenters. The van der Waals surface area contributed by atoms with Crippen molar-refractivity contribution in [2.24, 2.45) is 0 Å². The summed E-state index contributed by atoms with van der Waals surface area (Å²) in [6, 6.07) is 9.73. The van der Waals surface area contributed by atoms with E-state index < -0.39 is 0 Å². The number of benzene rings is 1. The molecule has 1 aliphatic rings. The van der Waals surface area contributed by atoms with Gasteiger partial charge in [-0.2, -0.15) is 0 Å². The molecular formula is C14H21N. The first-order valence-electron chi connectivity index (χ1n) is 6.03. The highest BCUT2D eigenvalue weighted by molar-refractivity contribution is 5.26. The molecule has 1 aromatic carbocycles. The van der Waals surface area contributed by atoms with Gasteiger partial charge in [-0.1, -0.05) is 36.2 Å². The predicted molar refractivity (Wildman–Crippen MR) is 65.2 cm³/mol. The molecule has 1 heteroatoms. The van der Waals surface area contributed by atoms with Crippen LogP contribution in [0.5, 0.6) is 0 Å². The molecule has 1 aromatic rings. The van der Waals surface area contributed by atoms with E-state index in [9.17, 15) is 0 Å². The first-order chi connectivity index (χ1) is 7.29. The summed E-state index contributed by atoms with van der Waals surface area (Å²) >= 11 is 0. The first kappa shape index (κ1) is 10.7. The van der Waals surface area contributed by atoms with E-state index in [2.05, 4.69) is 43.6 Å². The van der Waals surface area contributed by atoms with E-state index in [1.165, 1.54) is 36.8 Å². The van der Waals surface area contributed by atoms with E-state index in [-0.39, 0.29) is 0 Å². The molecular weight excluding hydrogens is 182 g/mol. The summed E-state index contributed by atoms with van der Waals surface area (Å²) in [4.78, 5) is 0. The number of aryl methyl sites for hydroxylation is 1. The molecule has 0 aliphatic heterocycles. The van der Waals surface area contributed by atoms with Crippen LogP contribution in [0, 0.1) is 6.92 Å². The Morgan fingerprint density at radius 1 is 1.27 bits per heavy atom. The molecule has 1 saturated carbocycles. The lowest BCUT2D eigenvalue weighted by atomic mass is 9.81. The van der Waals surface area contributed by atoms with Gasteiger partial charge in [0.1, 0.15) is 0 Å². The number of hydrogen-bond acceptors (Lipinski definition) is 1. The quantitative estimate of drug-likeness (QED) is 0.778. The Bertz CT molecular complexity index is 319. The van der Waals surface area contributed by atoms with E-state index >= 15 is 0 Å². The van der Waals surface area contributed by atoms with Crippen molar-refractivity contribution in [1.29, 1.82) is 0 Å². The third-order valence-corrected chi connectivity index (χ3v) is 3.60. The summed E-state index contributed by atoms with van der Waals surface area (Å²) in [5.74, 6) is 0.774. The van der Waals surface area contributed by atoms with Crippen LogP contribution in [0.3, 0.4) is 0 Å². The van der Waals surface area contributed by atoms with Crippen LogP contribution in [0.2, 0.25) is 0 Å². The molecule has 1 aliphatic carbocycles. The average molecular weight is 203 g/mol. The third kappa shape index (κ3) is 2.60. The van der Waals surface area contributed by atoms with E-state index in [1.54, 1.807) is 0 Å². The maximum absolute atomic E-state index is 3.42. The zero-order valence-corrected chi connectivity index (χ0v) is 9.79. The van der Waals surface area contributed by atoms with Gasteiger partial charge in [-0.25, -0.2) is 0 Å². The van der Waals surface area contributed by atoms with Gasteiger partial charge in [0.25, 0.3) is 0 Å². The van der Waals surface area contributed by atoms with Gasteiger partial charge in [-0.05, 0) is 44.7 Å². The number of hydrogen-bond donors (Lipinski definition) is 1. The number of rotatable bonds is 2. The van der Waals surface area contributed by atoms with Gasteiger partial charge >= 0.3 is 0 Å². The van der Waals surface area contributed by atoms with Gasteiger partial charge in [0.05, 0.1) is 0 Å². The summed E-state index contributed by atoms with van der Waals surface area (Å²) in [5, 5.41) is 3.42. The number of nitrogens with one attached hydrogen (secondary N) is 1. The van der Waals surface area contributed by atoms with Gasteiger partial charge < -0.3 is 5.32 Å². The molecule has 0 saturated heterocycles. The third-order valence-electron chi connectivity index (χ3n) is 3.60. The smallest absolute Gasteiger partial charge is 0.00698 e. The molecule has 1 fully saturated rings. The Labute approximate surface area is 92.9 Å². The molecule has 0 amide bonds. The standard InChI is InChI=1S/C14H21N/c1-11-5-3-6-12(9-11)13-7-4-8-14(10-13)15-2/h3,5-6,9,13-15H,4,7-8,10H2,1-2H3. The zero-order valence-electron chi connectivity index (χ0n) is 9.79. The molecule has 2 rings (SSSR count). The van der Waals surface area contributed by atoms with Gasteiger partial charge in [0.2, 0.25) is 0 Å². The van der Waals surface area contributed by atoms with Gasteiger partial charge in [-0.3, -0.25) is 0 Å². The first-order valence-corrected chi connectivity index (χ1v) is 6.03. The molecule has 1 nitrogen and oxygen atoms in total. The second kappa shape index (κ2) is 4.80. The van der Waals surface area contributed by atoms with Crippen LogP contribution < -0.4 is 5.32 Å². The van der Waals surface area contributed by atoms with Gasteiger partial charge in [0.15, 0.2) is 0 Å². The van der Waals surface area contributed by atoms with Crippen LogP contribution in [0.4, 0.5) is 0 Å². The minimum atomic E-state index is 0.726. The predicted octanol–water partition coefficient (Wildman–Crippen LogP) is 3.24. The molecule has 0 spiro atoms. The normalized spacial score (nSPS) is 26.5. The highest BCUT2D eigenvalue weighted by atomic mass is 14.9. The van der Waals surface area contributed by atoms with Gasteiger partial charge in [0, 0.05) is 6.04 Å². The Balaban J connectivity index is 2.09. The molecule has 82 valence electrons. The highest BCUT2D eigenvalue weighted by Gasteiger charge is 2.21. The lowest BCUT2D eigenvalue weighted by Gasteiger charge is -2.29. The molecule has 15 heavy (non-hydrogen) atoms. The van der Waals surface area contributed by atoms with Crippen molar-refractivity contribution in [3.8, 4) is 0 Å². The van der Waals surface area contributed by atoms with Crippen molar-refractivity contribution in [3.63, 3.8) is 0 Å². The molecule has 0 bridgehead atoms. The SMILES string of the molecule is CNC1CCCC(c2cccc(C)c2)C1. The minimum absolute atomic E-state index is 0.726.